The number of phenolic OH excluding ortho intramolecular Hbond substituents is 1. The van der Waals surface area contributed by atoms with Gasteiger partial charge < -0.3 is 10.4 Å². The highest BCUT2D eigenvalue weighted by Gasteiger charge is 2.20. The van der Waals surface area contributed by atoms with Crippen molar-refractivity contribution in [3.05, 3.63) is 29.6 Å². The first-order valence-electron chi connectivity index (χ1n) is 7.09. The molecule has 1 heterocycles. The van der Waals surface area contributed by atoms with Crippen LogP contribution in [0.25, 0.3) is 0 Å². The largest absolute Gasteiger partial charge is 0.507 e. The normalized spacial score (nSPS) is 17.7. The van der Waals surface area contributed by atoms with Crippen LogP contribution in [0.1, 0.15) is 36.5 Å². The molecule has 4 nitrogen and oxygen atoms in total. The summed E-state index contributed by atoms with van der Waals surface area (Å²) in [6.45, 7) is 4.59. The second-order valence-electron chi connectivity index (χ2n) is 5.29. The maximum atomic E-state index is 13.5. The third kappa shape index (κ3) is 3.48. The van der Waals surface area contributed by atoms with Gasteiger partial charge in [0.25, 0.3) is 5.91 Å². The second kappa shape index (κ2) is 6.70. The zero-order chi connectivity index (χ0) is 14.5. The van der Waals surface area contributed by atoms with E-state index in [9.17, 15) is 14.3 Å². The number of hydrogen-bond acceptors (Lipinski definition) is 3. The van der Waals surface area contributed by atoms with E-state index in [0.29, 0.717) is 6.54 Å². The summed E-state index contributed by atoms with van der Waals surface area (Å²) in [6, 6.07) is 4.07. The Hall–Kier alpha value is -1.62. The number of nitrogens with one attached hydrogen (secondary N) is 1. The van der Waals surface area contributed by atoms with Crippen molar-refractivity contribution in [1.29, 1.82) is 0 Å². The lowest BCUT2D eigenvalue weighted by Gasteiger charge is -2.32. The zero-order valence-corrected chi connectivity index (χ0v) is 11.7. The molecule has 1 saturated heterocycles. The van der Waals surface area contributed by atoms with E-state index in [1.54, 1.807) is 0 Å². The molecular formula is C15H21FN2O2. The number of aromatic hydroxyl groups is 1. The first-order chi connectivity index (χ1) is 9.59. The van der Waals surface area contributed by atoms with Crippen LogP contribution in [0.15, 0.2) is 18.2 Å². The van der Waals surface area contributed by atoms with Gasteiger partial charge in [-0.1, -0.05) is 12.5 Å². The van der Waals surface area contributed by atoms with Gasteiger partial charge in [-0.15, -0.1) is 0 Å². The van der Waals surface area contributed by atoms with Crippen LogP contribution in [-0.2, 0) is 0 Å². The van der Waals surface area contributed by atoms with Gasteiger partial charge in [0.15, 0.2) is 0 Å². The summed E-state index contributed by atoms with van der Waals surface area (Å²) in [6.07, 6.45) is 3.64. The van der Waals surface area contributed by atoms with E-state index in [2.05, 4.69) is 10.2 Å². The van der Waals surface area contributed by atoms with Crippen molar-refractivity contribution < 1.29 is 14.3 Å². The van der Waals surface area contributed by atoms with E-state index < -0.39 is 11.7 Å². The van der Waals surface area contributed by atoms with E-state index in [1.807, 2.05) is 6.92 Å². The van der Waals surface area contributed by atoms with Gasteiger partial charge in [0.1, 0.15) is 17.1 Å². The standard InChI is InChI=1S/C15H21FN2O2/c1-11(18-8-3-2-4-9-18)10-17-15(20)14-12(16)6-5-7-13(14)19/h5-7,11,19H,2-4,8-10H2,1H3,(H,17,20). The maximum Gasteiger partial charge on any atom is 0.258 e. The van der Waals surface area contributed by atoms with Gasteiger partial charge in [0, 0.05) is 12.6 Å². The third-order valence-electron chi connectivity index (χ3n) is 3.79. The van der Waals surface area contributed by atoms with Crippen molar-refractivity contribution in [2.75, 3.05) is 19.6 Å². The molecule has 5 heteroatoms. The first-order valence-corrected chi connectivity index (χ1v) is 7.09. The highest BCUT2D eigenvalue weighted by molar-refractivity contribution is 5.97. The lowest BCUT2D eigenvalue weighted by Crippen LogP contribution is -2.44. The van der Waals surface area contributed by atoms with Gasteiger partial charge in [-0.2, -0.15) is 0 Å². The quantitative estimate of drug-likeness (QED) is 0.888. The minimum absolute atomic E-state index is 0.216. The van der Waals surface area contributed by atoms with Crippen LogP contribution in [-0.4, -0.2) is 41.6 Å². The Bertz CT molecular complexity index is 453. The topological polar surface area (TPSA) is 52.6 Å². The van der Waals surface area contributed by atoms with Crippen LogP contribution < -0.4 is 5.32 Å². The Kier molecular flexibility index (Phi) is 4.95. The number of phenols is 1. The number of amides is 1. The summed E-state index contributed by atoms with van der Waals surface area (Å²) in [5, 5.41) is 12.3. The van der Waals surface area contributed by atoms with E-state index in [0.717, 1.165) is 13.1 Å². The molecule has 1 fully saturated rings. The second-order valence-corrected chi connectivity index (χ2v) is 5.29. The number of rotatable bonds is 4. The number of nitrogens with zero attached hydrogens (tertiary/aromatic N) is 1. The molecule has 110 valence electrons. The third-order valence-corrected chi connectivity index (χ3v) is 3.79. The molecule has 2 N–H and O–H groups in total. The summed E-state index contributed by atoms with van der Waals surface area (Å²) in [7, 11) is 0. The molecule has 20 heavy (non-hydrogen) atoms. The van der Waals surface area contributed by atoms with Gasteiger partial charge >= 0.3 is 0 Å². The molecule has 0 spiro atoms. The SMILES string of the molecule is CC(CNC(=O)c1c(O)cccc1F)N1CCCCC1. The Morgan fingerprint density at radius 2 is 2.10 bits per heavy atom. The fraction of sp³-hybridized carbons (Fsp3) is 0.533. The molecule has 1 unspecified atom stereocenters. The number of carbonyl (C=O) groups excluding carboxylic acids is 1. The molecule has 1 aromatic carbocycles. The number of hydrogen-bond donors (Lipinski definition) is 2. The van der Waals surface area contributed by atoms with Crippen molar-refractivity contribution in [2.45, 2.75) is 32.2 Å². The van der Waals surface area contributed by atoms with E-state index in [1.165, 1.54) is 37.5 Å². The van der Waals surface area contributed by atoms with Crippen LogP contribution in [0.5, 0.6) is 5.75 Å². The number of piperidine rings is 1. The highest BCUT2D eigenvalue weighted by atomic mass is 19.1. The van der Waals surface area contributed by atoms with Gasteiger partial charge in [-0.05, 0) is 45.0 Å². The molecule has 0 radical (unpaired) electrons. The highest BCUT2D eigenvalue weighted by Crippen LogP contribution is 2.19. The Morgan fingerprint density at radius 3 is 2.75 bits per heavy atom. The van der Waals surface area contributed by atoms with E-state index in [4.69, 9.17) is 0 Å². The molecule has 2 rings (SSSR count). The number of benzene rings is 1. The maximum absolute atomic E-state index is 13.5. The van der Waals surface area contributed by atoms with Crippen molar-refractivity contribution in [3.8, 4) is 5.75 Å². The molecule has 1 aliphatic heterocycles. The minimum Gasteiger partial charge on any atom is -0.507 e. The molecular weight excluding hydrogens is 259 g/mol. The summed E-state index contributed by atoms with van der Waals surface area (Å²) in [5.41, 5.74) is -0.279. The number of halogens is 1. The summed E-state index contributed by atoms with van der Waals surface area (Å²) in [4.78, 5) is 14.3. The predicted octanol–water partition coefficient (Wildman–Crippen LogP) is 2.14. The monoisotopic (exact) mass is 280 g/mol. The van der Waals surface area contributed by atoms with Crippen molar-refractivity contribution >= 4 is 5.91 Å². The van der Waals surface area contributed by atoms with Crippen molar-refractivity contribution in [2.24, 2.45) is 0 Å². The molecule has 1 atom stereocenters. The average Bonchev–Trinajstić information content (AvgIpc) is 2.45. The Balaban J connectivity index is 1.91. The smallest absolute Gasteiger partial charge is 0.258 e. The van der Waals surface area contributed by atoms with E-state index in [-0.39, 0.29) is 17.4 Å². The Morgan fingerprint density at radius 1 is 1.40 bits per heavy atom. The van der Waals surface area contributed by atoms with Crippen LogP contribution in [0.4, 0.5) is 4.39 Å². The summed E-state index contributed by atoms with van der Waals surface area (Å²) < 4.78 is 13.5. The number of carbonyl (C=O) groups is 1. The van der Waals surface area contributed by atoms with Gasteiger partial charge in [-0.3, -0.25) is 9.69 Å². The molecule has 0 saturated carbocycles. The summed E-state index contributed by atoms with van der Waals surface area (Å²) in [5.74, 6) is -1.59. The first kappa shape index (κ1) is 14.8. The summed E-state index contributed by atoms with van der Waals surface area (Å²) >= 11 is 0. The molecule has 0 bridgehead atoms. The Labute approximate surface area is 118 Å². The molecule has 0 aromatic heterocycles. The minimum atomic E-state index is -0.701. The average molecular weight is 280 g/mol. The lowest BCUT2D eigenvalue weighted by molar-refractivity contribution is 0.0923. The van der Waals surface area contributed by atoms with Crippen LogP contribution in [0.2, 0.25) is 0 Å². The predicted molar refractivity (Wildman–Crippen MR) is 75.3 cm³/mol. The fourth-order valence-electron chi connectivity index (χ4n) is 2.55. The van der Waals surface area contributed by atoms with Crippen molar-refractivity contribution in [3.63, 3.8) is 0 Å². The lowest BCUT2D eigenvalue weighted by atomic mass is 10.1. The van der Waals surface area contributed by atoms with Gasteiger partial charge in [-0.25, -0.2) is 4.39 Å². The fourth-order valence-corrected chi connectivity index (χ4v) is 2.55. The zero-order valence-electron chi connectivity index (χ0n) is 11.7. The van der Waals surface area contributed by atoms with Gasteiger partial charge in [0.2, 0.25) is 0 Å². The van der Waals surface area contributed by atoms with Crippen LogP contribution in [0.3, 0.4) is 0 Å². The molecule has 1 aliphatic rings. The molecule has 1 aromatic rings. The van der Waals surface area contributed by atoms with Crippen molar-refractivity contribution in [1.82, 2.24) is 10.2 Å². The van der Waals surface area contributed by atoms with Crippen LogP contribution in [0, 0.1) is 5.82 Å². The van der Waals surface area contributed by atoms with Crippen LogP contribution >= 0.6 is 0 Å². The number of likely N-dealkylation sites (tertiary alicyclic amines) is 1. The van der Waals surface area contributed by atoms with Gasteiger partial charge in [0.05, 0.1) is 0 Å². The molecule has 0 aliphatic carbocycles. The molecule has 1 amide bonds. The van der Waals surface area contributed by atoms with E-state index >= 15 is 0 Å².